The first-order valence-electron chi connectivity index (χ1n) is 9.66. The maximum absolute atomic E-state index is 13.6. The van der Waals surface area contributed by atoms with Crippen LogP contribution in [-0.2, 0) is 0 Å². The summed E-state index contributed by atoms with van der Waals surface area (Å²) in [7, 11) is 4.09. The van der Waals surface area contributed by atoms with Crippen LogP contribution in [0.1, 0.15) is 29.3 Å². The highest BCUT2D eigenvalue weighted by Crippen LogP contribution is 2.35. The fraction of sp³-hybridized carbons (Fsp3) is 0.364. The molecule has 1 aromatic heterocycles. The minimum atomic E-state index is 0. The lowest BCUT2D eigenvalue weighted by Gasteiger charge is -2.22. The highest BCUT2D eigenvalue weighted by atomic mass is 35.5. The lowest BCUT2D eigenvalue weighted by atomic mass is 10.2. The number of thioether (sulfide) groups is 1. The normalized spacial score (nSPS) is 11.0. The van der Waals surface area contributed by atoms with Crippen molar-refractivity contribution in [1.29, 1.82) is 0 Å². The highest BCUT2D eigenvalue weighted by Gasteiger charge is 2.23. The Labute approximate surface area is 198 Å². The van der Waals surface area contributed by atoms with Gasteiger partial charge in [-0.05, 0) is 69.6 Å². The first-order chi connectivity index (χ1) is 13.9. The van der Waals surface area contributed by atoms with Crippen molar-refractivity contribution in [1.82, 2.24) is 9.88 Å². The summed E-state index contributed by atoms with van der Waals surface area (Å²) in [6.07, 6.45) is 0.873. The molecule has 2 aromatic carbocycles. The van der Waals surface area contributed by atoms with Crippen LogP contribution in [0.2, 0.25) is 5.02 Å². The maximum atomic E-state index is 13.6. The number of rotatable bonds is 8. The molecule has 0 aliphatic rings. The molecule has 8 heteroatoms. The van der Waals surface area contributed by atoms with Crippen molar-refractivity contribution in [2.45, 2.75) is 25.2 Å². The Morgan fingerprint density at radius 2 is 1.90 bits per heavy atom. The lowest BCUT2D eigenvalue weighted by Crippen LogP contribution is -2.33. The molecule has 3 rings (SSSR count). The van der Waals surface area contributed by atoms with E-state index in [9.17, 15) is 4.79 Å². The fourth-order valence-corrected chi connectivity index (χ4v) is 5.10. The van der Waals surface area contributed by atoms with Gasteiger partial charge in [0.25, 0.3) is 5.91 Å². The Hall–Kier alpha value is -1.31. The summed E-state index contributed by atoms with van der Waals surface area (Å²) in [5.74, 6) is 0.923. The van der Waals surface area contributed by atoms with Crippen molar-refractivity contribution in [2.24, 2.45) is 0 Å². The van der Waals surface area contributed by atoms with Crippen LogP contribution in [-0.4, -0.2) is 48.7 Å². The summed E-state index contributed by atoms with van der Waals surface area (Å²) in [5, 5.41) is 1.43. The molecule has 3 aromatic rings. The van der Waals surface area contributed by atoms with E-state index < -0.39 is 0 Å². The van der Waals surface area contributed by atoms with Gasteiger partial charge in [0.15, 0.2) is 5.13 Å². The van der Waals surface area contributed by atoms with Gasteiger partial charge < -0.3 is 4.90 Å². The Balaban J connectivity index is 0.00000320. The van der Waals surface area contributed by atoms with E-state index in [0.29, 0.717) is 11.6 Å². The van der Waals surface area contributed by atoms with Gasteiger partial charge in [0.2, 0.25) is 0 Å². The van der Waals surface area contributed by atoms with Crippen LogP contribution in [0.3, 0.4) is 0 Å². The topological polar surface area (TPSA) is 36.4 Å². The third-order valence-electron chi connectivity index (χ3n) is 4.62. The number of thiazole rings is 1. The number of aromatic nitrogens is 1. The molecule has 0 saturated heterocycles. The quantitative estimate of drug-likeness (QED) is 0.347. The van der Waals surface area contributed by atoms with Gasteiger partial charge in [0.1, 0.15) is 0 Å². The Bertz CT molecular complexity index is 1010. The van der Waals surface area contributed by atoms with E-state index >= 15 is 0 Å². The SMILES string of the molecule is CCSc1ccccc1C(=O)N(CCCN(C)C)c1nc2c(C)c(Cl)ccc2s1.Cl. The van der Waals surface area contributed by atoms with Gasteiger partial charge >= 0.3 is 0 Å². The molecule has 0 fully saturated rings. The number of aryl methyl sites for hydroxylation is 1. The maximum Gasteiger partial charge on any atom is 0.261 e. The summed E-state index contributed by atoms with van der Waals surface area (Å²) in [6.45, 7) is 5.60. The second kappa shape index (κ2) is 11.3. The van der Waals surface area contributed by atoms with E-state index in [1.807, 2.05) is 62.3 Å². The summed E-state index contributed by atoms with van der Waals surface area (Å²) in [5.41, 5.74) is 2.56. The number of hydrogen-bond acceptors (Lipinski definition) is 5. The first kappa shape index (κ1) is 25.0. The molecular weight excluding hydrogens is 457 g/mol. The Morgan fingerprint density at radius 1 is 1.17 bits per heavy atom. The largest absolute Gasteiger partial charge is 0.309 e. The van der Waals surface area contributed by atoms with Crippen LogP contribution in [0.4, 0.5) is 5.13 Å². The second-order valence-electron chi connectivity index (χ2n) is 7.06. The van der Waals surface area contributed by atoms with E-state index in [0.717, 1.165) is 50.1 Å². The average Bonchev–Trinajstić information content (AvgIpc) is 3.13. The molecule has 0 N–H and O–H groups in total. The third kappa shape index (κ3) is 5.68. The predicted octanol–water partition coefficient (Wildman–Crippen LogP) is 6.39. The predicted molar refractivity (Wildman–Crippen MR) is 134 cm³/mol. The number of amides is 1. The highest BCUT2D eigenvalue weighted by molar-refractivity contribution is 7.99. The summed E-state index contributed by atoms with van der Waals surface area (Å²) in [6, 6.07) is 11.7. The van der Waals surface area contributed by atoms with E-state index in [1.54, 1.807) is 23.1 Å². The van der Waals surface area contributed by atoms with Gasteiger partial charge in [-0.25, -0.2) is 4.98 Å². The molecule has 1 amide bonds. The zero-order valence-corrected chi connectivity index (χ0v) is 20.9. The van der Waals surface area contributed by atoms with E-state index in [-0.39, 0.29) is 18.3 Å². The molecule has 1 heterocycles. The van der Waals surface area contributed by atoms with Crippen LogP contribution in [0.15, 0.2) is 41.3 Å². The van der Waals surface area contributed by atoms with Crippen LogP contribution >= 0.6 is 47.1 Å². The molecule has 0 saturated carbocycles. The van der Waals surface area contributed by atoms with Gasteiger partial charge in [-0.3, -0.25) is 9.69 Å². The minimum Gasteiger partial charge on any atom is -0.309 e. The number of fused-ring (bicyclic) bond motifs is 1. The molecule has 0 aliphatic carbocycles. The number of nitrogens with zero attached hydrogens (tertiary/aromatic N) is 3. The Morgan fingerprint density at radius 3 is 2.60 bits per heavy atom. The third-order valence-corrected chi connectivity index (χ3v) is 7.03. The van der Waals surface area contributed by atoms with Crippen LogP contribution in [0.5, 0.6) is 0 Å². The van der Waals surface area contributed by atoms with Gasteiger partial charge in [0, 0.05) is 16.5 Å². The number of anilines is 1. The van der Waals surface area contributed by atoms with E-state index in [4.69, 9.17) is 16.6 Å². The molecule has 0 aliphatic heterocycles. The number of carbonyl (C=O) groups excluding carboxylic acids is 1. The number of halogens is 2. The summed E-state index contributed by atoms with van der Waals surface area (Å²) >= 11 is 9.52. The van der Waals surface area contributed by atoms with E-state index in [2.05, 4.69) is 11.8 Å². The second-order valence-corrected chi connectivity index (χ2v) is 9.78. The van der Waals surface area contributed by atoms with Crippen molar-refractivity contribution in [3.63, 3.8) is 0 Å². The molecule has 0 unspecified atom stereocenters. The molecule has 0 bridgehead atoms. The number of benzene rings is 2. The lowest BCUT2D eigenvalue weighted by molar-refractivity contribution is 0.0983. The summed E-state index contributed by atoms with van der Waals surface area (Å²) in [4.78, 5) is 23.4. The standard InChI is InChI=1S/C22H26ClN3OS2.ClH/c1-5-28-18-10-7-6-9-16(18)21(27)26(14-8-13-25(3)4)22-24-20-15(2)17(23)11-12-19(20)29-22;/h6-7,9-12H,5,8,13-14H2,1-4H3;1H. The van der Waals surface area contributed by atoms with E-state index in [1.165, 1.54) is 0 Å². The Kier molecular flexibility index (Phi) is 9.44. The van der Waals surface area contributed by atoms with Crippen molar-refractivity contribution in [2.75, 3.05) is 37.8 Å². The molecule has 0 atom stereocenters. The van der Waals surface area contributed by atoms with Crippen LogP contribution in [0, 0.1) is 6.92 Å². The van der Waals surface area contributed by atoms with Crippen LogP contribution < -0.4 is 4.90 Å². The molecule has 0 spiro atoms. The van der Waals surface area contributed by atoms with Gasteiger partial charge in [-0.15, -0.1) is 24.2 Å². The number of hydrogen-bond donors (Lipinski definition) is 0. The molecular formula is C22H27Cl2N3OS2. The van der Waals surface area contributed by atoms with Crippen molar-refractivity contribution in [3.8, 4) is 0 Å². The zero-order chi connectivity index (χ0) is 21.0. The summed E-state index contributed by atoms with van der Waals surface area (Å²) < 4.78 is 1.04. The monoisotopic (exact) mass is 483 g/mol. The zero-order valence-electron chi connectivity index (χ0n) is 17.6. The van der Waals surface area contributed by atoms with Crippen molar-refractivity contribution < 1.29 is 4.79 Å². The molecule has 162 valence electrons. The smallest absolute Gasteiger partial charge is 0.261 e. The van der Waals surface area contributed by atoms with Crippen molar-refractivity contribution >= 4 is 68.4 Å². The minimum absolute atomic E-state index is 0. The first-order valence-corrected chi connectivity index (χ1v) is 11.8. The molecule has 30 heavy (non-hydrogen) atoms. The fourth-order valence-electron chi connectivity index (χ4n) is 3.10. The van der Waals surface area contributed by atoms with Gasteiger partial charge in [0.05, 0.1) is 15.8 Å². The van der Waals surface area contributed by atoms with Crippen LogP contribution in [0.25, 0.3) is 10.2 Å². The van der Waals surface area contributed by atoms with Gasteiger partial charge in [-0.2, -0.15) is 0 Å². The van der Waals surface area contributed by atoms with Gasteiger partial charge in [-0.1, -0.05) is 42.0 Å². The molecule has 0 radical (unpaired) electrons. The van der Waals surface area contributed by atoms with Crippen molar-refractivity contribution in [3.05, 3.63) is 52.5 Å². The molecule has 4 nitrogen and oxygen atoms in total. The average molecular weight is 485 g/mol. The number of carbonyl (C=O) groups is 1.